The number of carboxylic acids is 2. The molecular formula is C11H16N4O6. The number of rotatable bonds is 4. The quantitative estimate of drug-likeness (QED) is 0.489. The van der Waals surface area contributed by atoms with Crippen LogP contribution in [0.4, 0.5) is 9.59 Å². The second-order valence-corrected chi connectivity index (χ2v) is 4.92. The molecule has 0 saturated carbocycles. The van der Waals surface area contributed by atoms with E-state index in [0.717, 1.165) is 0 Å². The van der Waals surface area contributed by atoms with Crippen LogP contribution in [0.15, 0.2) is 0 Å². The summed E-state index contributed by atoms with van der Waals surface area (Å²) in [7, 11) is 0. The van der Waals surface area contributed by atoms with Crippen LogP contribution in [0, 0.1) is 0 Å². The average Bonchev–Trinajstić information content (AvgIpc) is 2.78. The molecule has 2 rings (SSSR count). The highest BCUT2D eigenvalue weighted by atomic mass is 16.4. The van der Waals surface area contributed by atoms with Crippen molar-refractivity contribution in [1.82, 2.24) is 20.4 Å². The van der Waals surface area contributed by atoms with Gasteiger partial charge in [-0.15, -0.1) is 0 Å². The Labute approximate surface area is 119 Å². The number of nitrogens with zero attached hydrogens (tertiary/aromatic N) is 2. The number of hydrogen-bond donors (Lipinski definition) is 4. The second kappa shape index (κ2) is 5.85. The molecule has 0 aromatic rings. The van der Waals surface area contributed by atoms with E-state index in [9.17, 15) is 19.2 Å². The normalized spacial score (nSPS) is 22.3. The fourth-order valence-corrected chi connectivity index (χ4v) is 2.40. The van der Waals surface area contributed by atoms with E-state index >= 15 is 0 Å². The van der Waals surface area contributed by atoms with Crippen LogP contribution >= 0.6 is 0 Å². The van der Waals surface area contributed by atoms with E-state index in [1.165, 1.54) is 4.90 Å². The van der Waals surface area contributed by atoms with Gasteiger partial charge in [-0.1, -0.05) is 0 Å². The summed E-state index contributed by atoms with van der Waals surface area (Å²) >= 11 is 0. The van der Waals surface area contributed by atoms with Crippen molar-refractivity contribution in [3.63, 3.8) is 0 Å². The zero-order chi connectivity index (χ0) is 15.6. The van der Waals surface area contributed by atoms with Crippen LogP contribution in [0.5, 0.6) is 0 Å². The Bertz CT molecular complexity index is 481. The van der Waals surface area contributed by atoms with Crippen LogP contribution in [0.1, 0.15) is 6.42 Å². The topological polar surface area (TPSA) is 139 Å². The number of aliphatic carboxylic acids is 2. The number of amides is 4. The van der Waals surface area contributed by atoms with Crippen molar-refractivity contribution in [1.29, 1.82) is 0 Å². The molecule has 1 unspecified atom stereocenters. The lowest BCUT2D eigenvalue weighted by Gasteiger charge is -2.36. The number of piperazine rings is 1. The third-order valence-corrected chi connectivity index (χ3v) is 3.49. The molecule has 116 valence electrons. The van der Waals surface area contributed by atoms with Gasteiger partial charge in [-0.2, -0.15) is 0 Å². The largest absolute Gasteiger partial charge is 0.481 e. The number of carbonyl (C=O) groups excluding carboxylic acids is 2. The molecule has 10 nitrogen and oxygen atoms in total. The highest BCUT2D eigenvalue weighted by molar-refractivity contribution is 5.86. The summed E-state index contributed by atoms with van der Waals surface area (Å²) in [6.07, 6.45) is -0.690. The van der Waals surface area contributed by atoms with Gasteiger partial charge in [0, 0.05) is 26.2 Å². The van der Waals surface area contributed by atoms with Crippen LogP contribution in [0.3, 0.4) is 0 Å². The smallest absolute Gasteiger partial charge is 0.326 e. The maximum atomic E-state index is 12.0. The minimum atomic E-state index is -1.48. The Morgan fingerprint density at radius 3 is 2.67 bits per heavy atom. The molecule has 2 saturated heterocycles. The number of urea groups is 2. The molecule has 0 radical (unpaired) electrons. The summed E-state index contributed by atoms with van der Waals surface area (Å²) in [6.45, 7) is 1.35. The first-order chi connectivity index (χ1) is 9.88. The average molecular weight is 300 g/mol. The van der Waals surface area contributed by atoms with Crippen molar-refractivity contribution in [3.8, 4) is 0 Å². The number of nitrogens with one attached hydrogen (secondary N) is 2. The lowest BCUT2D eigenvalue weighted by atomic mass is 10.2. The van der Waals surface area contributed by atoms with Crippen LogP contribution in [0.2, 0.25) is 0 Å². The summed E-state index contributed by atoms with van der Waals surface area (Å²) in [6, 6.07) is -2.42. The van der Waals surface area contributed by atoms with Crippen molar-refractivity contribution in [2.45, 2.75) is 18.5 Å². The number of carboxylic acid groups (broad SMARTS) is 2. The third-order valence-electron chi connectivity index (χ3n) is 3.49. The lowest BCUT2D eigenvalue weighted by Crippen LogP contribution is -2.58. The molecule has 21 heavy (non-hydrogen) atoms. The summed E-state index contributed by atoms with van der Waals surface area (Å²) in [5, 5.41) is 22.4. The maximum absolute atomic E-state index is 12.0. The highest BCUT2D eigenvalue weighted by Gasteiger charge is 2.37. The summed E-state index contributed by atoms with van der Waals surface area (Å²) < 4.78 is 0. The number of fused-ring (bicyclic) bond motifs is 1. The molecule has 0 bridgehead atoms. The minimum Gasteiger partial charge on any atom is -0.481 e. The van der Waals surface area contributed by atoms with Crippen molar-refractivity contribution < 1.29 is 29.4 Å². The van der Waals surface area contributed by atoms with Crippen molar-refractivity contribution in [2.24, 2.45) is 0 Å². The Hall–Kier alpha value is -2.52. The van der Waals surface area contributed by atoms with Gasteiger partial charge >= 0.3 is 24.0 Å². The third kappa shape index (κ3) is 3.33. The molecule has 0 spiro atoms. The first-order valence-corrected chi connectivity index (χ1v) is 6.43. The summed E-state index contributed by atoms with van der Waals surface area (Å²) in [4.78, 5) is 47.9. The maximum Gasteiger partial charge on any atom is 0.326 e. The van der Waals surface area contributed by atoms with Gasteiger partial charge < -0.3 is 30.6 Å². The predicted molar refractivity (Wildman–Crippen MR) is 67.7 cm³/mol. The first kappa shape index (κ1) is 14.9. The molecule has 4 N–H and O–H groups in total. The monoisotopic (exact) mass is 300 g/mol. The Morgan fingerprint density at radius 2 is 2.05 bits per heavy atom. The van der Waals surface area contributed by atoms with Crippen LogP contribution in [0.25, 0.3) is 0 Å². The molecule has 2 fully saturated rings. The van der Waals surface area contributed by atoms with E-state index in [-0.39, 0.29) is 25.2 Å². The van der Waals surface area contributed by atoms with Gasteiger partial charge in [0.05, 0.1) is 12.5 Å². The number of carbonyl (C=O) groups is 4. The molecule has 4 amide bonds. The number of hydrogen-bond acceptors (Lipinski definition) is 4. The molecule has 2 aliphatic rings. The van der Waals surface area contributed by atoms with Crippen LogP contribution < -0.4 is 10.6 Å². The van der Waals surface area contributed by atoms with Crippen molar-refractivity contribution >= 4 is 24.0 Å². The van der Waals surface area contributed by atoms with Crippen LogP contribution in [-0.2, 0) is 9.59 Å². The van der Waals surface area contributed by atoms with Gasteiger partial charge in [0.25, 0.3) is 0 Å². The second-order valence-electron chi connectivity index (χ2n) is 4.92. The molecule has 2 atom stereocenters. The van der Waals surface area contributed by atoms with Crippen molar-refractivity contribution in [3.05, 3.63) is 0 Å². The van der Waals surface area contributed by atoms with E-state index in [1.807, 2.05) is 0 Å². The first-order valence-electron chi connectivity index (χ1n) is 6.43. The molecular weight excluding hydrogens is 284 g/mol. The highest BCUT2D eigenvalue weighted by Crippen LogP contribution is 2.14. The molecule has 10 heteroatoms. The minimum absolute atomic E-state index is 0.139. The van der Waals surface area contributed by atoms with Gasteiger partial charge in [0.15, 0.2) is 0 Å². The van der Waals surface area contributed by atoms with Gasteiger partial charge in [-0.05, 0) is 0 Å². The fraction of sp³-hybridized carbons (Fsp3) is 0.636. The van der Waals surface area contributed by atoms with Gasteiger partial charge in [-0.25, -0.2) is 14.4 Å². The standard InChI is InChI=1S/C11H16N4O6/c16-8(17)3-7(9(18)19)13-11(21)14-1-2-15-6(5-14)4-12-10(15)20/h6-7H,1-5H2,(H,12,20)(H,13,21)(H,16,17)(H,18,19)/t6?,7-/m0/s1. The molecule has 2 aliphatic heterocycles. The zero-order valence-corrected chi connectivity index (χ0v) is 11.1. The van der Waals surface area contributed by atoms with Crippen molar-refractivity contribution in [2.75, 3.05) is 26.2 Å². The van der Waals surface area contributed by atoms with Gasteiger partial charge in [0.1, 0.15) is 6.04 Å². The predicted octanol–water partition coefficient (Wildman–Crippen LogP) is -1.67. The lowest BCUT2D eigenvalue weighted by molar-refractivity contribution is -0.145. The Morgan fingerprint density at radius 1 is 1.33 bits per heavy atom. The zero-order valence-electron chi connectivity index (χ0n) is 11.1. The van der Waals surface area contributed by atoms with Crippen LogP contribution in [-0.4, -0.2) is 82.3 Å². The fourth-order valence-electron chi connectivity index (χ4n) is 2.40. The van der Waals surface area contributed by atoms with E-state index in [4.69, 9.17) is 10.2 Å². The summed E-state index contributed by atoms with van der Waals surface area (Å²) in [5.74, 6) is -2.71. The van der Waals surface area contributed by atoms with E-state index < -0.39 is 30.4 Å². The SMILES string of the molecule is O=C(O)C[C@H](NC(=O)N1CCN2C(=O)NCC2C1)C(=O)O. The van der Waals surface area contributed by atoms with E-state index in [1.54, 1.807) is 4.90 Å². The molecule has 0 aromatic heterocycles. The molecule has 0 aromatic carbocycles. The summed E-state index contributed by atoms with van der Waals surface area (Å²) in [5.41, 5.74) is 0. The van der Waals surface area contributed by atoms with E-state index in [0.29, 0.717) is 13.1 Å². The molecule has 0 aliphatic carbocycles. The van der Waals surface area contributed by atoms with E-state index in [2.05, 4.69) is 10.6 Å². The molecule has 2 heterocycles. The van der Waals surface area contributed by atoms with Gasteiger partial charge in [-0.3, -0.25) is 4.79 Å². The Kier molecular flexibility index (Phi) is 4.15. The van der Waals surface area contributed by atoms with Gasteiger partial charge in [0.2, 0.25) is 0 Å². The Balaban J connectivity index is 1.92.